The third-order valence-corrected chi connectivity index (χ3v) is 6.09. The fourth-order valence-electron chi connectivity index (χ4n) is 4.60. The molecule has 2 N–H and O–H groups in total. The number of benzene rings is 1. The van der Waals surface area contributed by atoms with Crippen LogP contribution in [0.5, 0.6) is 0 Å². The van der Waals surface area contributed by atoms with E-state index in [-0.39, 0.29) is 18.9 Å². The number of carboxylic acid groups (broad SMARTS) is 1. The van der Waals surface area contributed by atoms with Crippen LogP contribution in [0.4, 0.5) is 4.79 Å². The van der Waals surface area contributed by atoms with E-state index in [0.717, 1.165) is 5.56 Å². The van der Waals surface area contributed by atoms with E-state index in [4.69, 9.17) is 14.2 Å². The van der Waals surface area contributed by atoms with Gasteiger partial charge in [0.2, 0.25) is 5.91 Å². The second-order valence-corrected chi connectivity index (χ2v) is 7.94. The van der Waals surface area contributed by atoms with Crippen LogP contribution < -0.4 is 5.32 Å². The van der Waals surface area contributed by atoms with Gasteiger partial charge in [0.05, 0.1) is 19.1 Å². The minimum absolute atomic E-state index is 0.114. The van der Waals surface area contributed by atoms with E-state index in [1.54, 1.807) is 4.90 Å². The minimum Gasteiger partial charge on any atom is -0.481 e. The van der Waals surface area contributed by atoms with E-state index in [1.807, 2.05) is 30.3 Å². The normalized spacial score (nSPS) is 27.9. The van der Waals surface area contributed by atoms with Crippen molar-refractivity contribution >= 4 is 18.0 Å². The van der Waals surface area contributed by atoms with Crippen molar-refractivity contribution < 1.29 is 33.7 Å². The van der Waals surface area contributed by atoms with Crippen LogP contribution in [0.1, 0.15) is 31.2 Å². The molecule has 3 atom stereocenters. The number of nitrogens with zero attached hydrogens (tertiary/aromatic N) is 1. The average molecular weight is 418 g/mol. The van der Waals surface area contributed by atoms with Gasteiger partial charge in [0.25, 0.3) is 0 Å². The summed E-state index contributed by atoms with van der Waals surface area (Å²) in [7, 11) is 0. The molecule has 0 radical (unpaired) electrons. The number of nitrogens with one attached hydrogen (secondary N) is 1. The largest absolute Gasteiger partial charge is 0.481 e. The SMILES string of the molecule is O=C(N[C@H]1CCN(C2CCC3(C[C@H]2C(=O)O)OCCO3)C1=O)OCc1ccccc1. The molecule has 1 aliphatic carbocycles. The van der Waals surface area contributed by atoms with Gasteiger partial charge in [-0.3, -0.25) is 9.59 Å². The summed E-state index contributed by atoms with van der Waals surface area (Å²) in [4.78, 5) is 38.5. The summed E-state index contributed by atoms with van der Waals surface area (Å²) in [5.41, 5.74) is 0.851. The minimum atomic E-state index is -0.968. The molecular weight excluding hydrogens is 392 g/mol. The summed E-state index contributed by atoms with van der Waals surface area (Å²) >= 11 is 0. The fraction of sp³-hybridized carbons (Fsp3) is 0.571. The second kappa shape index (κ2) is 8.61. The molecule has 3 fully saturated rings. The molecule has 1 aromatic rings. The topological polar surface area (TPSA) is 114 Å². The summed E-state index contributed by atoms with van der Waals surface area (Å²) in [5, 5.41) is 12.4. The Morgan fingerprint density at radius 1 is 1.20 bits per heavy atom. The van der Waals surface area contributed by atoms with Gasteiger partial charge >= 0.3 is 12.1 Å². The highest BCUT2D eigenvalue weighted by molar-refractivity contribution is 5.88. The van der Waals surface area contributed by atoms with Crippen LogP contribution in [-0.2, 0) is 30.4 Å². The number of amides is 2. The first kappa shape index (κ1) is 20.6. The number of hydrogen-bond donors (Lipinski definition) is 2. The molecule has 4 rings (SSSR count). The zero-order valence-electron chi connectivity index (χ0n) is 16.6. The van der Waals surface area contributed by atoms with Crippen molar-refractivity contribution in [3.05, 3.63) is 35.9 Å². The zero-order valence-corrected chi connectivity index (χ0v) is 16.6. The molecule has 0 aromatic heterocycles. The number of aliphatic carboxylic acids is 1. The van der Waals surface area contributed by atoms with Crippen molar-refractivity contribution in [2.75, 3.05) is 19.8 Å². The van der Waals surface area contributed by atoms with E-state index in [2.05, 4.69) is 5.32 Å². The van der Waals surface area contributed by atoms with Crippen molar-refractivity contribution in [3.63, 3.8) is 0 Å². The predicted octanol–water partition coefficient (Wildman–Crippen LogP) is 1.51. The zero-order chi connectivity index (χ0) is 21.1. The summed E-state index contributed by atoms with van der Waals surface area (Å²) in [6.45, 7) is 1.42. The molecule has 9 heteroatoms. The number of rotatable bonds is 5. The standard InChI is InChI=1S/C21H26N2O7/c24-18-16(22-20(27)28-13-14-4-2-1-3-5-14)7-9-23(18)17-6-8-21(29-10-11-30-21)12-15(17)19(25)26/h1-5,15-17H,6-13H2,(H,22,27)(H,25,26)/t15-,16+,17?/m1/s1. The van der Waals surface area contributed by atoms with Crippen LogP contribution in [0.15, 0.2) is 30.3 Å². The van der Waals surface area contributed by atoms with Gasteiger partial charge in [-0.1, -0.05) is 30.3 Å². The summed E-state index contributed by atoms with van der Waals surface area (Å²) < 4.78 is 16.5. The number of alkyl carbamates (subject to hydrolysis) is 1. The van der Waals surface area contributed by atoms with Gasteiger partial charge in [-0.2, -0.15) is 0 Å². The Bertz CT molecular complexity index is 794. The highest BCUT2D eigenvalue weighted by atomic mass is 16.7. The lowest BCUT2D eigenvalue weighted by Gasteiger charge is -2.42. The van der Waals surface area contributed by atoms with Crippen LogP contribution in [0.2, 0.25) is 0 Å². The second-order valence-electron chi connectivity index (χ2n) is 7.94. The lowest BCUT2D eigenvalue weighted by atomic mass is 9.80. The van der Waals surface area contributed by atoms with E-state index in [0.29, 0.717) is 39.0 Å². The molecule has 1 saturated carbocycles. The predicted molar refractivity (Wildman–Crippen MR) is 103 cm³/mol. The molecule has 1 unspecified atom stereocenters. The van der Waals surface area contributed by atoms with E-state index < -0.39 is 35.9 Å². The smallest absolute Gasteiger partial charge is 0.408 e. The average Bonchev–Trinajstić information content (AvgIpc) is 3.34. The maximum atomic E-state index is 12.9. The van der Waals surface area contributed by atoms with E-state index in [9.17, 15) is 19.5 Å². The number of likely N-dealkylation sites (tertiary alicyclic amines) is 1. The lowest BCUT2D eigenvalue weighted by molar-refractivity contribution is -0.202. The van der Waals surface area contributed by atoms with Crippen molar-refractivity contribution in [2.24, 2.45) is 5.92 Å². The maximum Gasteiger partial charge on any atom is 0.408 e. The molecule has 9 nitrogen and oxygen atoms in total. The number of carboxylic acids is 1. The molecule has 1 spiro atoms. The molecule has 162 valence electrons. The Kier molecular flexibility index (Phi) is 5.92. The Balaban J connectivity index is 1.34. The molecule has 2 aliphatic heterocycles. The van der Waals surface area contributed by atoms with Gasteiger partial charge < -0.3 is 29.5 Å². The van der Waals surface area contributed by atoms with Gasteiger partial charge in [0, 0.05) is 25.4 Å². The molecular formula is C21H26N2O7. The van der Waals surface area contributed by atoms with E-state index >= 15 is 0 Å². The Hall–Kier alpha value is -2.65. The van der Waals surface area contributed by atoms with Crippen molar-refractivity contribution in [2.45, 2.75) is 50.2 Å². The molecule has 0 bridgehead atoms. The maximum absolute atomic E-state index is 12.9. The number of carbonyl (C=O) groups is 3. The van der Waals surface area contributed by atoms with Crippen molar-refractivity contribution in [1.29, 1.82) is 0 Å². The van der Waals surface area contributed by atoms with Gasteiger partial charge in [0.15, 0.2) is 5.79 Å². The van der Waals surface area contributed by atoms with Crippen LogP contribution >= 0.6 is 0 Å². The summed E-state index contributed by atoms with van der Waals surface area (Å²) in [5.74, 6) is -2.86. The van der Waals surface area contributed by atoms with E-state index in [1.165, 1.54) is 0 Å². The van der Waals surface area contributed by atoms with Gasteiger partial charge in [-0.15, -0.1) is 0 Å². The van der Waals surface area contributed by atoms with Gasteiger partial charge in [-0.05, 0) is 18.4 Å². The monoisotopic (exact) mass is 418 g/mol. The van der Waals surface area contributed by atoms with Crippen LogP contribution in [0, 0.1) is 5.92 Å². The van der Waals surface area contributed by atoms with Crippen LogP contribution in [-0.4, -0.2) is 65.6 Å². The molecule has 2 heterocycles. The highest BCUT2D eigenvalue weighted by Gasteiger charge is 2.51. The Labute approximate surface area is 174 Å². The number of carbonyl (C=O) groups excluding carboxylic acids is 2. The first-order chi connectivity index (χ1) is 14.5. The summed E-state index contributed by atoms with van der Waals surface area (Å²) in [6, 6.07) is 8.11. The van der Waals surface area contributed by atoms with Crippen molar-refractivity contribution in [3.8, 4) is 0 Å². The Morgan fingerprint density at radius 3 is 2.63 bits per heavy atom. The number of hydrogen-bond acceptors (Lipinski definition) is 6. The molecule has 30 heavy (non-hydrogen) atoms. The fourth-order valence-corrected chi connectivity index (χ4v) is 4.60. The first-order valence-corrected chi connectivity index (χ1v) is 10.3. The quantitative estimate of drug-likeness (QED) is 0.745. The van der Waals surface area contributed by atoms with Crippen LogP contribution in [0.3, 0.4) is 0 Å². The molecule has 2 saturated heterocycles. The summed E-state index contributed by atoms with van der Waals surface area (Å²) in [6.07, 6.45) is 0.995. The van der Waals surface area contributed by atoms with Crippen LogP contribution in [0.25, 0.3) is 0 Å². The molecule has 1 aromatic carbocycles. The molecule has 3 aliphatic rings. The van der Waals surface area contributed by atoms with Crippen molar-refractivity contribution in [1.82, 2.24) is 10.2 Å². The lowest BCUT2D eigenvalue weighted by Crippen LogP contribution is -2.54. The Morgan fingerprint density at radius 2 is 1.93 bits per heavy atom. The number of ether oxygens (including phenoxy) is 3. The third-order valence-electron chi connectivity index (χ3n) is 6.09. The van der Waals surface area contributed by atoms with Gasteiger partial charge in [-0.25, -0.2) is 4.79 Å². The third kappa shape index (κ3) is 4.27. The first-order valence-electron chi connectivity index (χ1n) is 10.3. The van der Waals surface area contributed by atoms with Gasteiger partial charge in [0.1, 0.15) is 12.6 Å². The molecule has 2 amide bonds. The highest BCUT2D eigenvalue weighted by Crippen LogP contribution is 2.41.